The summed E-state index contributed by atoms with van der Waals surface area (Å²) in [4.78, 5) is 12.3. The molecule has 2 unspecified atom stereocenters. The number of nitrogens with one attached hydrogen (secondary N) is 2. The Morgan fingerprint density at radius 1 is 0.862 bits per heavy atom. The minimum Gasteiger partial charge on any atom is -0.445 e. The maximum absolute atomic E-state index is 12.8. The first-order valence-corrected chi connectivity index (χ1v) is 10.4. The average Bonchev–Trinajstić information content (AvgIpc) is 2.78. The quantitative estimate of drug-likeness (QED) is 0.364. The predicted octanol–water partition coefficient (Wildman–Crippen LogP) is 5.44. The van der Waals surface area contributed by atoms with Crippen LogP contribution in [-0.4, -0.2) is 12.8 Å². The molecular formula is C22H22N2O4P+. The molecule has 148 valence electrons. The number of rotatable bonds is 9. The van der Waals surface area contributed by atoms with E-state index in [1.165, 1.54) is 0 Å². The SMILES string of the molecule is O=C(NC(c1ccccc1)[P+](=O)OCNc1ccccc1)OCc1ccccc1. The second kappa shape index (κ2) is 11.0. The van der Waals surface area contributed by atoms with Crippen molar-refractivity contribution in [2.45, 2.75) is 12.4 Å². The summed E-state index contributed by atoms with van der Waals surface area (Å²) in [5.41, 5.74) is 2.39. The highest BCUT2D eigenvalue weighted by Gasteiger charge is 2.36. The van der Waals surface area contributed by atoms with Gasteiger partial charge in [0.25, 0.3) is 5.78 Å². The molecule has 0 aliphatic rings. The molecule has 0 spiro atoms. The van der Waals surface area contributed by atoms with Crippen LogP contribution in [0.1, 0.15) is 16.9 Å². The van der Waals surface area contributed by atoms with Gasteiger partial charge < -0.3 is 10.1 Å². The van der Waals surface area contributed by atoms with Crippen molar-refractivity contribution >= 4 is 19.8 Å². The number of carbonyl (C=O) groups excluding carboxylic acids is 1. The molecule has 7 heteroatoms. The molecular weight excluding hydrogens is 387 g/mol. The molecule has 0 aromatic heterocycles. The van der Waals surface area contributed by atoms with E-state index in [9.17, 15) is 9.36 Å². The number of alkyl carbamates (subject to hydrolysis) is 1. The van der Waals surface area contributed by atoms with E-state index in [-0.39, 0.29) is 13.3 Å². The maximum Gasteiger partial charge on any atom is 0.540 e. The first-order valence-electron chi connectivity index (χ1n) is 9.13. The molecule has 0 bridgehead atoms. The van der Waals surface area contributed by atoms with Crippen molar-refractivity contribution in [2.24, 2.45) is 0 Å². The highest BCUT2D eigenvalue weighted by molar-refractivity contribution is 7.39. The fourth-order valence-corrected chi connectivity index (χ4v) is 3.55. The second-order valence-electron chi connectivity index (χ2n) is 6.12. The smallest absolute Gasteiger partial charge is 0.445 e. The van der Waals surface area contributed by atoms with Crippen LogP contribution in [0.15, 0.2) is 91.0 Å². The van der Waals surface area contributed by atoms with Crippen LogP contribution in [0.5, 0.6) is 0 Å². The largest absolute Gasteiger partial charge is 0.540 e. The van der Waals surface area contributed by atoms with Gasteiger partial charge in [-0.3, -0.25) is 5.32 Å². The molecule has 1 amide bonds. The highest BCUT2D eigenvalue weighted by atomic mass is 31.1. The topological polar surface area (TPSA) is 76.7 Å². The van der Waals surface area contributed by atoms with Crippen LogP contribution in [0.2, 0.25) is 0 Å². The van der Waals surface area contributed by atoms with Crippen LogP contribution < -0.4 is 10.6 Å². The van der Waals surface area contributed by atoms with Gasteiger partial charge in [0.15, 0.2) is 6.73 Å². The Morgan fingerprint density at radius 3 is 2.10 bits per heavy atom. The minimum absolute atomic E-state index is 0.0449. The van der Waals surface area contributed by atoms with Crippen molar-refractivity contribution in [2.75, 3.05) is 12.0 Å². The second-order valence-corrected chi connectivity index (χ2v) is 7.47. The molecule has 0 radical (unpaired) electrons. The lowest BCUT2D eigenvalue weighted by Crippen LogP contribution is -2.27. The standard InChI is InChI=1S/C22H21N2O4P/c25-22(27-16-18-10-4-1-5-11-18)24-21(19-12-6-2-7-13-19)29(26)28-17-23-20-14-8-3-9-15-20/h1-15,21,23H,16-17H2/p+1. The van der Waals surface area contributed by atoms with Crippen molar-refractivity contribution < 1.29 is 18.6 Å². The molecule has 0 heterocycles. The molecule has 0 aliphatic heterocycles. The summed E-state index contributed by atoms with van der Waals surface area (Å²) in [6, 6.07) is 27.8. The van der Waals surface area contributed by atoms with Gasteiger partial charge in [-0.25, -0.2) is 4.79 Å². The number of amides is 1. The predicted molar refractivity (Wildman–Crippen MR) is 113 cm³/mol. The van der Waals surface area contributed by atoms with Gasteiger partial charge in [0, 0.05) is 11.3 Å². The van der Waals surface area contributed by atoms with Crippen LogP contribution in [0.3, 0.4) is 0 Å². The Bertz CT molecular complexity index is 908. The number of para-hydroxylation sites is 1. The summed E-state index contributed by atoms with van der Waals surface area (Å²) in [6.45, 7) is 0.171. The van der Waals surface area contributed by atoms with E-state index in [4.69, 9.17) is 9.26 Å². The molecule has 3 aromatic carbocycles. The molecule has 2 atom stereocenters. The number of anilines is 1. The van der Waals surface area contributed by atoms with E-state index in [1.54, 1.807) is 12.1 Å². The zero-order chi connectivity index (χ0) is 20.3. The number of hydrogen-bond acceptors (Lipinski definition) is 5. The molecule has 3 rings (SSSR count). The van der Waals surface area contributed by atoms with Gasteiger partial charge >= 0.3 is 14.1 Å². The minimum atomic E-state index is -2.24. The van der Waals surface area contributed by atoms with Gasteiger partial charge in [-0.05, 0) is 22.3 Å². The summed E-state index contributed by atoms with van der Waals surface area (Å²) < 4.78 is 23.5. The first kappa shape index (κ1) is 20.5. The molecule has 3 aromatic rings. The molecule has 0 saturated carbocycles. The van der Waals surface area contributed by atoms with E-state index in [2.05, 4.69) is 10.6 Å². The van der Waals surface area contributed by atoms with Crippen molar-refractivity contribution in [1.29, 1.82) is 0 Å². The lowest BCUT2D eigenvalue weighted by atomic mass is 10.2. The van der Waals surface area contributed by atoms with Crippen LogP contribution >= 0.6 is 8.03 Å². The van der Waals surface area contributed by atoms with Gasteiger partial charge in [0.1, 0.15) is 6.61 Å². The molecule has 2 N–H and O–H groups in total. The molecule has 0 fully saturated rings. The Balaban J connectivity index is 1.58. The van der Waals surface area contributed by atoms with E-state index in [0.29, 0.717) is 5.56 Å². The Labute approximate surface area is 170 Å². The van der Waals surface area contributed by atoms with Crippen LogP contribution in [0, 0.1) is 0 Å². The lowest BCUT2D eigenvalue weighted by molar-refractivity contribution is 0.138. The Morgan fingerprint density at radius 2 is 1.45 bits per heavy atom. The van der Waals surface area contributed by atoms with Crippen LogP contribution in [0.25, 0.3) is 0 Å². The third-order valence-corrected chi connectivity index (χ3v) is 5.27. The lowest BCUT2D eigenvalue weighted by Gasteiger charge is -2.11. The van der Waals surface area contributed by atoms with Crippen LogP contribution in [-0.2, 0) is 20.4 Å². The summed E-state index contributed by atoms with van der Waals surface area (Å²) in [5, 5.41) is 5.69. The van der Waals surface area contributed by atoms with Gasteiger partial charge in [0.2, 0.25) is 0 Å². The number of hydrogen-bond donors (Lipinski definition) is 2. The third kappa shape index (κ3) is 6.71. The van der Waals surface area contributed by atoms with E-state index < -0.39 is 19.9 Å². The number of benzene rings is 3. The molecule has 0 aliphatic carbocycles. The molecule has 0 saturated heterocycles. The van der Waals surface area contributed by atoms with E-state index in [0.717, 1.165) is 11.3 Å². The van der Waals surface area contributed by atoms with Gasteiger partial charge in [-0.15, -0.1) is 4.52 Å². The first-order chi connectivity index (χ1) is 14.2. The average molecular weight is 409 g/mol. The molecule has 29 heavy (non-hydrogen) atoms. The summed E-state index contributed by atoms with van der Waals surface area (Å²) in [7, 11) is -2.24. The van der Waals surface area contributed by atoms with Crippen molar-refractivity contribution in [3.63, 3.8) is 0 Å². The summed E-state index contributed by atoms with van der Waals surface area (Å²) >= 11 is 0. The zero-order valence-corrected chi connectivity index (χ0v) is 16.6. The molecule has 6 nitrogen and oxygen atoms in total. The van der Waals surface area contributed by atoms with Crippen LogP contribution in [0.4, 0.5) is 10.5 Å². The summed E-state index contributed by atoms with van der Waals surface area (Å²) in [5.74, 6) is -0.827. The maximum atomic E-state index is 12.8. The zero-order valence-electron chi connectivity index (χ0n) is 15.7. The summed E-state index contributed by atoms with van der Waals surface area (Å²) in [6.07, 6.45) is -0.661. The Hall–Kier alpha value is -3.21. The van der Waals surface area contributed by atoms with Gasteiger partial charge in [0.05, 0.1) is 0 Å². The number of carbonyl (C=O) groups is 1. The van der Waals surface area contributed by atoms with Gasteiger partial charge in [-0.1, -0.05) is 78.9 Å². The van der Waals surface area contributed by atoms with Crippen molar-refractivity contribution in [3.8, 4) is 0 Å². The fourth-order valence-electron chi connectivity index (χ4n) is 2.58. The third-order valence-electron chi connectivity index (χ3n) is 4.04. The normalized spacial score (nSPS) is 11.9. The Kier molecular flexibility index (Phi) is 7.75. The van der Waals surface area contributed by atoms with E-state index >= 15 is 0 Å². The van der Waals surface area contributed by atoms with Crippen molar-refractivity contribution in [1.82, 2.24) is 5.32 Å². The van der Waals surface area contributed by atoms with Gasteiger partial charge in [-0.2, -0.15) is 0 Å². The van der Waals surface area contributed by atoms with E-state index in [1.807, 2.05) is 78.9 Å². The highest BCUT2D eigenvalue weighted by Crippen LogP contribution is 2.39. The number of ether oxygens (including phenoxy) is 1. The van der Waals surface area contributed by atoms with Crippen molar-refractivity contribution in [3.05, 3.63) is 102 Å². The fraction of sp³-hybridized carbons (Fsp3) is 0.136. The monoisotopic (exact) mass is 409 g/mol.